The lowest BCUT2D eigenvalue weighted by Crippen LogP contribution is -2.16. The van der Waals surface area contributed by atoms with Crippen LogP contribution in [0.15, 0.2) is 34.0 Å². The second kappa shape index (κ2) is 9.88. The minimum absolute atomic E-state index is 0.00977. The maximum Gasteiger partial charge on any atom is 0.341 e. The molecule has 1 amide bonds. The summed E-state index contributed by atoms with van der Waals surface area (Å²) in [4.78, 5) is 41.4. The van der Waals surface area contributed by atoms with E-state index in [1.54, 1.807) is 13.8 Å². The van der Waals surface area contributed by atoms with Crippen LogP contribution in [0.25, 0.3) is 11.4 Å². The molecular weight excluding hydrogens is 438 g/mol. The Labute approximate surface area is 187 Å². The van der Waals surface area contributed by atoms with E-state index in [1.165, 1.54) is 6.92 Å². The zero-order valence-corrected chi connectivity index (χ0v) is 19.1. The number of benzene rings is 1. The SMILES string of the molecule is CCOC(=O)c1c(NC(=O)CSc2nc(-c3ccc(C)cc3)no2)sc(C(C)=O)c1C. The fourth-order valence-corrected chi connectivity index (χ4v) is 4.44. The summed E-state index contributed by atoms with van der Waals surface area (Å²) in [5.74, 6) is -0.706. The van der Waals surface area contributed by atoms with Crippen LogP contribution in [-0.4, -0.2) is 40.2 Å². The predicted molar refractivity (Wildman–Crippen MR) is 119 cm³/mol. The van der Waals surface area contributed by atoms with Gasteiger partial charge in [-0.15, -0.1) is 11.3 Å². The highest BCUT2D eigenvalue weighted by Crippen LogP contribution is 2.34. The van der Waals surface area contributed by atoms with Gasteiger partial charge in [-0.05, 0) is 33.3 Å². The Morgan fingerprint density at radius 3 is 2.55 bits per heavy atom. The van der Waals surface area contributed by atoms with Crippen molar-refractivity contribution in [2.45, 2.75) is 32.9 Å². The summed E-state index contributed by atoms with van der Waals surface area (Å²) in [7, 11) is 0. The first-order valence-electron chi connectivity index (χ1n) is 9.45. The predicted octanol–water partition coefficient (Wildman–Crippen LogP) is 4.53. The molecule has 8 nitrogen and oxygen atoms in total. The third-order valence-electron chi connectivity index (χ3n) is 4.24. The molecule has 3 rings (SSSR count). The highest BCUT2D eigenvalue weighted by Gasteiger charge is 2.25. The Kier molecular flexibility index (Phi) is 7.24. The van der Waals surface area contributed by atoms with Gasteiger partial charge in [0.15, 0.2) is 5.78 Å². The molecule has 0 bridgehead atoms. The number of ketones is 1. The third-order valence-corrected chi connectivity index (χ3v) is 6.37. The van der Waals surface area contributed by atoms with E-state index >= 15 is 0 Å². The average Bonchev–Trinajstić information content (AvgIpc) is 3.32. The minimum Gasteiger partial charge on any atom is -0.462 e. The third kappa shape index (κ3) is 5.39. The van der Waals surface area contributed by atoms with Crippen molar-refractivity contribution in [1.82, 2.24) is 10.1 Å². The Morgan fingerprint density at radius 1 is 1.19 bits per heavy atom. The average molecular weight is 460 g/mol. The molecule has 0 aliphatic carbocycles. The van der Waals surface area contributed by atoms with E-state index in [4.69, 9.17) is 9.26 Å². The van der Waals surface area contributed by atoms with Crippen LogP contribution in [-0.2, 0) is 9.53 Å². The van der Waals surface area contributed by atoms with E-state index < -0.39 is 5.97 Å². The normalized spacial score (nSPS) is 10.7. The van der Waals surface area contributed by atoms with Crippen LogP contribution in [0.5, 0.6) is 0 Å². The number of hydrogen-bond donors (Lipinski definition) is 1. The molecule has 2 heterocycles. The molecule has 0 spiro atoms. The summed E-state index contributed by atoms with van der Waals surface area (Å²) in [5.41, 5.74) is 2.64. The number of nitrogens with zero attached hydrogens (tertiary/aromatic N) is 2. The fourth-order valence-electron chi connectivity index (χ4n) is 2.76. The molecule has 0 atom stereocenters. The maximum atomic E-state index is 12.5. The Bertz CT molecular complexity index is 1120. The van der Waals surface area contributed by atoms with Gasteiger partial charge in [0.1, 0.15) is 5.00 Å². The number of rotatable bonds is 8. The molecule has 162 valence electrons. The van der Waals surface area contributed by atoms with Crippen LogP contribution in [0.4, 0.5) is 5.00 Å². The molecule has 0 saturated carbocycles. The van der Waals surface area contributed by atoms with Gasteiger partial charge in [0.05, 0.1) is 22.8 Å². The summed E-state index contributed by atoms with van der Waals surface area (Å²) < 4.78 is 10.3. The number of thioether (sulfide) groups is 1. The number of thiophene rings is 1. The first-order valence-corrected chi connectivity index (χ1v) is 11.2. The van der Waals surface area contributed by atoms with Crippen LogP contribution < -0.4 is 5.32 Å². The maximum absolute atomic E-state index is 12.5. The number of aryl methyl sites for hydroxylation is 1. The van der Waals surface area contributed by atoms with Crippen molar-refractivity contribution in [1.29, 1.82) is 0 Å². The molecule has 0 saturated heterocycles. The van der Waals surface area contributed by atoms with Crippen molar-refractivity contribution in [2.24, 2.45) is 0 Å². The molecule has 3 aromatic rings. The molecule has 1 N–H and O–H groups in total. The fraction of sp³-hybridized carbons (Fsp3) is 0.286. The van der Waals surface area contributed by atoms with Gasteiger partial charge in [0.2, 0.25) is 11.7 Å². The smallest absolute Gasteiger partial charge is 0.341 e. The van der Waals surface area contributed by atoms with Crippen molar-refractivity contribution in [3.63, 3.8) is 0 Å². The van der Waals surface area contributed by atoms with Gasteiger partial charge in [-0.3, -0.25) is 9.59 Å². The van der Waals surface area contributed by atoms with E-state index in [0.29, 0.717) is 16.3 Å². The molecule has 0 aliphatic heterocycles. The lowest BCUT2D eigenvalue weighted by molar-refractivity contribution is -0.113. The molecule has 2 aromatic heterocycles. The van der Waals surface area contributed by atoms with Crippen LogP contribution in [0.1, 0.15) is 45.0 Å². The van der Waals surface area contributed by atoms with E-state index in [2.05, 4.69) is 15.5 Å². The van der Waals surface area contributed by atoms with Gasteiger partial charge in [-0.25, -0.2) is 4.79 Å². The second-order valence-corrected chi connectivity index (χ2v) is 8.57. The standard InChI is InChI=1S/C21H21N3O5S2/c1-5-28-20(27)16-12(3)17(13(4)25)31-19(16)22-15(26)10-30-21-23-18(24-29-21)14-8-6-11(2)7-9-14/h6-9H,5,10H2,1-4H3,(H,22,26). The lowest BCUT2D eigenvalue weighted by atomic mass is 10.1. The van der Waals surface area contributed by atoms with E-state index in [9.17, 15) is 14.4 Å². The summed E-state index contributed by atoms with van der Waals surface area (Å²) in [6, 6.07) is 7.69. The van der Waals surface area contributed by atoms with E-state index in [1.807, 2.05) is 31.2 Å². The van der Waals surface area contributed by atoms with E-state index in [-0.39, 0.29) is 39.8 Å². The molecule has 0 radical (unpaired) electrons. The zero-order valence-electron chi connectivity index (χ0n) is 17.5. The summed E-state index contributed by atoms with van der Waals surface area (Å²) in [6.07, 6.45) is 0. The number of anilines is 1. The van der Waals surface area contributed by atoms with Crippen molar-refractivity contribution >= 4 is 45.8 Å². The second-order valence-electron chi connectivity index (χ2n) is 6.62. The lowest BCUT2D eigenvalue weighted by Gasteiger charge is -2.06. The first-order chi connectivity index (χ1) is 14.8. The number of nitrogens with one attached hydrogen (secondary N) is 1. The van der Waals surface area contributed by atoms with Gasteiger partial charge < -0.3 is 14.6 Å². The number of amides is 1. The molecule has 0 fully saturated rings. The number of esters is 1. The van der Waals surface area contributed by atoms with Gasteiger partial charge in [-0.1, -0.05) is 46.7 Å². The number of carbonyl (C=O) groups is 3. The van der Waals surface area contributed by atoms with Crippen LogP contribution in [0.3, 0.4) is 0 Å². The highest BCUT2D eigenvalue weighted by molar-refractivity contribution is 7.99. The first kappa shape index (κ1) is 22.7. The number of carbonyl (C=O) groups excluding carboxylic acids is 3. The Balaban J connectivity index is 1.68. The Morgan fingerprint density at radius 2 is 1.90 bits per heavy atom. The van der Waals surface area contributed by atoms with Gasteiger partial charge in [0, 0.05) is 5.56 Å². The summed E-state index contributed by atoms with van der Waals surface area (Å²) >= 11 is 2.14. The summed E-state index contributed by atoms with van der Waals surface area (Å²) in [5, 5.41) is 7.17. The highest BCUT2D eigenvalue weighted by atomic mass is 32.2. The molecule has 1 aromatic carbocycles. The number of hydrogen-bond acceptors (Lipinski definition) is 9. The zero-order chi connectivity index (χ0) is 22.5. The molecule has 0 aliphatic rings. The quantitative estimate of drug-likeness (QED) is 0.297. The van der Waals surface area contributed by atoms with Crippen molar-refractivity contribution in [3.8, 4) is 11.4 Å². The van der Waals surface area contributed by atoms with Crippen LogP contribution in [0, 0.1) is 13.8 Å². The largest absolute Gasteiger partial charge is 0.462 e. The number of aromatic nitrogens is 2. The molecule has 31 heavy (non-hydrogen) atoms. The topological polar surface area (TPSA) is 111 Å². The minimum atomic E-state index is -0.577. The molecule has 0 unspecified atom stereocenters. The van der Waals surface area contributed by atoms with E-state index in [0.717, 1.165) is 34.2 Å². The molecule has 10 heteroatoms. The van der Waals surface area contributed by atoms with Gasteiger partial charge in [0.25, 0.3) is 5.22 Å². The number of Topliss-reactive ketones (excluding diaryl/α,β-unsaturated/α-hetero) is 1. The number of ether oxygens (including phenoxy) is 1. The monoisotopic (exact) mass is 459 g/mol. The van der Waals surface area contributed by atoms with Crippen LogP contribution >= 0.6 is 23.1 Å². The van der Waals surface area contributed by atoms with Gasteiger partial charge in [-0.2, -0.15) is 4.98 Å². The molecular formula is C21H21N3O5S2. The van der Waals surface area contributed by atoms with Crippen molar-refractivity contribution in [3.05, 3.63) is 45.8 Å². The van der Waals surface area contributed by atoms with Crippen LogP contribution in [0.2, 0.25) is 0 Å². The summed E-state index contributed by atoms with van der Waals surface area (Å²) in [6.45, 7) is 6.94. The van der Waals surface area contributed by atoms with Gasteiger partial charge >= 0.3 is 5.97 Å². The van der Waals surface area contributed by atoms with Crippen molar-refractivity contribution < 1.29 is 23.6 Å². The van der Waals surface area contributed by atoms with Crippen molar-refractivity contribution in [2.75, 3.05) is 17.7 Å². The Hall–Kier alpha value is -2.98.